The third-order valence-corrected chi connectivity index (χ3v) is 3.55. The molecule has 1 aromatic carbocycles. The zero-order chi connectivity index (χ0) is 17.9. The highest BCUT2D eigenvalue weighted by atomic mass is 35.5. The van der Waals surface area contributed by atoms with Crippen LogP contribution in [0.2, 0.25) is 5.02 Å². The molecule has 1 aromatic heterocycles. The molecule has 0 saturated carbocycles. The molecule has 0 fully saturated rings. The van der Waals surface area contributed by atoms with Gasteiger partial charge in [0.1, 0.15) is 23.3 Å². The van der Waals surface area contributed by atoms with E-state index in [0.717, 1.165) is 0 Å². The number of rotatable bonds is 6. The van der Waals surface area contributed by atoms with Crippen LogP contribution in [0.4, 0.5) is 4.39 Å². The summed E-state index contributed by atoms with van der Waals surface area (Å²) in [7, 11) is 0. The lowest BCUT2D eigenvalue weighted by Crippen LogP contribution is -2.23. The number of amides is 2. The molecule has 0 radical (unpaired) electrons. The lowest BCUT2D eigenvalue weighted by atomic mass is 10.1. The molecule has 1 unspecified atom stereocenters. The second-order valence-corrected chi connectivity index (χ2v) is 5.51. The molecular formula is C16H17ClFN3O3. The van der Waals surface area contributed by atoms with Crippen LogP contribution in [-0.2, 0) is 0 Å². The summed E-state index contributed by atoms with van der Waals surface area (Å²) in [6.07, 6.45) is -0.724. The van der Waals surface area contributed by atoms with Gasteiger partial charge in [0.05, 0.1) is 0 Å². The van der Waals surface area contributed by atoms with Crippen LogP contribution < -0.4 is 15.8 Å². The van der Waals surface area contributed by atoms with Gasteiger partial charge in [-0.1, -0.05) is 17.7 Å². The monoisotopic (exact) mass is 353 g/mol. The molecule has 2 amide bonds. The topological polar surface area (TPSA) is 97.2 Å². The van der Waals surface area contributed by atoms with Gasteiger partial charge in [-0.25, -0.2) is 4.39 Å². The number of halogens is 2. The van der Waals surface area contributed by atoms with E-state index in [9.17, 15) is 14.0 Å². The maximum atomic E-state index is 14.0. The molecule has 0 bridgehead atoms. The molecule has 2 rings (SSSR count). The van der Waals surface area contributed by atoms with Crippen LogP contribution >= 0.6 is 11.6 Å². The zero-order valence-electron chi connectivity index (χ0n) is 13.2. The average molecular weight is 354 g/mol. The van der Waals surface area contributed by atoms with Crippen LogP contribution in [0.3, 0.4) is 0 Å². The lowest BCUT2D eigenvalue weighted by Gasteiger charge is -2.15. The van der Waals surface area contributed by atoms with E-state index in [-0.39, 0.29) is 27.7 Å². The minimum Gasteiger partial charge on any atom is -0.483 e. The van der Waals surface area contributed by atoms with Gasteiger partial charge >= 0.3 is 0 Å². The van der Waals surface area contributed by atoms with Crippen LogP contribution in [-0.4, -0.2) is 23.3 Å². The van der Waals surface area contributed by atoms with Crippen molar-refractivity contribution in [2.75, 3.05) is 6.54 Å². The van der Waals surface area contributed by atoms with Gasteiger partial charge < -0.3 is 20.8 Å². The molecule has 24 heavy (non-hydrogen) atoms. The number of hydrogen-bond donors (Lipinski definition) is 3. The van der Waals surface area contributed by atoms with Crippen LogP contribution in [0, 0.1) is 5.82 Å². The molecule has 1 atom stereocenters. The summed E-state index contributed by atoms with van der Waals surface area (Å²) < 4.78 is 19.6. The van der Waals surface area contributed by atoms with Crippen LogP contribution in [0.5, 0.6) is 5.75 Å². The highest BCUT2D eigenvalue weighted by Gasteiger charge is 2.21. The highest BCUT2D eigenvalue weighted by Crippen LogP contribution is 2.28. The predicted molar refractivity (Wildman–Crippen MR) is 87.8 cm³/mol. The summed E-state index contributed by atoms with van der Waals surface area (Å²) in [5.41, 5.74) is 5.62. The number of nitrogens with two attached hydrogens (primary N) is 1. The molecule has 128 valence electrons. The molecule has 0 aliphatic heterocycles. The van der Waals surface area contributed by atoms with E-state index in [0.29, 0.717) is 6.54 Å². The molecule has 0 aliphatic carbocycles. The Morgan fingerprint density at radius 3 is 2.71 bits per heavy atom. The fourth-order valence-electron chi connectivity index (χ4n) is 2.17. The smallest absolute Gasteiger partial charge is 0.269 e. The molecule has 4 N–H and O–H groups in total. The molecule has 8 heteroatoms. The minimum atomic E-state index is -0.788. The average Bonchev–Trinajstić information content (AvgIpc) is 2.91. The van der Waals surface area contributed by atoms with Gasteiger partial charge in [0.2, 0.25) is 0 Å². The van der Waals surface area contributed by atoms with Gasteiger partial charge in [0, 0.05) is 23.2 Å². The SMILES string of the molecule is CCNC(=O)c1cc(OC(C)c2ccc(Cl)cc2F)c(C(N)=O)[nH]1. The molecule has 0 spiro atoms. The van der Waals surface area contributed by atoms with E-state index in [1.54, 1.807) is 13.8 Å². The number of H-pyrrole nitrogens is 1. The van der Waals surface area contributed by atoms with E-state index >= 15 is 0 Å². The Hall–Kier alpha value is -2.54. The first-order valence-corrected chi connectivity index (χ1v) is 7.63. The molecular weight excluding hydrogens is 337 g/mol. The third kappa shape index (κ3) is 3.86. The molecule has 1 heterocycles. The molecule has 0 saturated heterocycles. The van der Waals surface area contributed by atoms with Gasteiger partial charge in [-0.15, -0.1) is 0 Å². The first kappa shape index (κ1) is 17.8. The third-order valence-electron chi connectivity index (χ3n) is 3.31. The first-order valence-electron chi connectivity index (χ1n) is 7.26. The minimum absolute atomic E-state index is 0.0579. The van der Waals surface area contributed by atoms with Crippen molar-refractivity contribution in [2.45, 2.75) is 20.0 Å². The number of ether oxygens (including phenoxy) is 1. The molecule has 2 aromatic rings. The van der Waals surface area contributed by atoms with Crippen molar-refractivity contribution < 1.29 is 18.7 Å². The number of carbonyl (C=O) groups excluding carboxylic acids is 2. The summed E-state index contributed by atoms with van der Waals surface area (Å²) in [6.45, 7) is 3.79. The normalized spacial score (nSPS) is 11.8. The largest absolute Gasteiger partial charge is 0.483 e. The number of carbonyl (C=O) groups is 2. The van der Waals surface area contributed by atoms with Crippen molar-refractivity contribution in [3.63, 3.8) is 0 Å². The number of aromatic nitrogens is 1. The Kier molecular flexibility index (Phi) is 5.46. The summed E-state index contributed by atoms with van der Waals surface area (Å²) in [4.78, 5) is 26.0. The lowest BCUT2D eigenvalue weighted by molar-refractivity contribution is 0.0951. The second-order valence-electron chi connectivity index (χ2n) is 5.07. The Morgan fingerprint density at radius 2 is 2.12 bits per heavy atom. The van der Waals surface area contributed by atoms with E-state index in [2.05, 4.69) is 10.3 Å². The zero-order valence-corrected chi connectivity index (χ0v) is 13.9. The Balaban J connectivity index is 2.30. The van der Waals surface area contributed by atoms with Crippen molar-refractivity contribution in [2.24, 2.45) is 5.73 Å². The van der Waals surface area contributed by atoms with Crippen LogP contribution in [0.25, 0.3) is 0 Å². The standard InChI is InChI=1S/C16H17ClFN3O3/c1-3-20-16(23)12-7-13(14(21-12)15(19)22)24-8(2)10-5-4-9(17)6-11(10)18/h4-8,21H,3H2,1-2H3,(H2,19,22)(H,20,23). The van der Waals surface area contributed by atoms with Gasteiger partial charge in [-0.3, -0.25) is 9.59 Å². The fourth-order valence-corrected chi connectivity index (χ4v) is 2.33. The Labute approximate surface area is 143 Å². The maximum absolute atomic E-state index is 14.0. The van der Waals surface area contributed by atoms with Crippen molar-refractivity contribution >= 4 is 23.4 Å². The van der Waals surface area contributed by atoms with E-state index in [1.807, 2.05) is 0 Å². The Morgan fingerprint density at radius 1 is 1.42 bits per heavy atom. The second kappa shape index (κ2) is 7.35. The van der Waals surface area contributed by atoms with E-state index in [4.69, 9.17) is 22.1 Å². The van der Waals surface area contributed by atoms with Crippen molar-refractivity contribution in [1.29, 1.82) is 0 Å². The van der Waals surface area contributed by atoms with Crippen LogP contribution in [0.15, 0.2) is 24.3 Å². The number of nitrogens with one attached hydrogen (secondary N) is 2. The van der Waals surface area contributed by atoms with Gasteiger partial charge in [-0.05, 0) is 26.0 Å². The molecule has 6 nitrogen and oxygen atoms in total. The van der Waals surface area contributed by atoms with E-state index < -0.39 is 23.7 Å². The van der Waals surface area contributed by atoms with Crippen molar-refractivity contribution in [3.8, 4) is 5.75 Å². The summed E-state index contributed by atoms with van der Waals surface area (Å²) in [5.74, 6) is -1.65. The quantitative estimate of drug-likeness (QED) is 0.744. The number of benzene rings is 1. The van der Waals surface area contributed by atoms with Gasteiger partial charge in [-0.2, -0.15) is 0 Å². The molecule has 0 aliphatic rings. The first-order chi connectivity index (χ1) is 11.3. The number of aromatic amines is 1. The Bertz CT molecular complexity index is 776. The van der Waals surface area contributed by atoms with Gasteiger partial charge in [0.15, 0.2) is 5.75 Å². The summed E-state index contributed by atoms with van der Waals surface area (Å²) in [5, 5.41) is 2.85. The highest BCUT2D eigenvalue weighted by molar-refractivity contribution is 6.30. The predicted octanol–water partition coefficient (Wildman–Crippen LogP) is 2.80. The number of primary amides is 1. The number of hydrogen-bond acceptors (Lipinski definition) is 3. The van der Waals surface area contributed by atoms with Crippen molar-refractivity contribution in [3.05, 3.63) is 52.1 Å². The van der Waals surface area contributed by atoms with Crippen molar-refractivity contribution in [1.82, 2.24) is 10.3 Å². The van der Waals surface area contributed by atoms with Crippen LogP contribution in [0.1, 0.15) is 46.5 Å². The fraction of sp³-hybridized carbons (Fsp3) is 0.250. The van der Waals surface area contributed by atoms with E-state index in [1.165, 1.54) is 24.3 Å². The summed E-state index contributed by atoms with van der Waals surface area (Å²) in [6, 6.07) is 5.55. The summed E-state index contributed by atoms with van der Waals surface area (Å²) >= 11 is 5.73. The van der Waals surface area contributed by atoms with Gasteiger partial charge in [0.25, 0.3) is 11.8 Å². The maximum Gasteiger partial charge on any atom is 0.269 e.